The Morgan fingerprint density at radius 1 is 0.667 bits per heavy atom. The second-order valence-corrected chi connectivity index (χ2v) is 5.18. The summed E-state index contributed by atoms with van der Waals surface area (Å²) in [5.74, 6) is 0.210. The van der Waals surface area contributed by atoms with Gasteiger partial charge in [0.1, 0.15) is 0 Å². The molecule has 0 spiro atoms. The summed E-state index contributed by atoms with van der Waals surface area (Å²) < 4.78 is 0. The van der Waals surface area contributed by atoms with E-state index in [9.17, 15) is 15.3 Å². The quantitative estimate of drug-likeness (QED) is 0.725. The minimum absolute atomic E-state index is 0.0699. The fraction of sp³-hybridized carbons (Fsp3) is 0.600. The molecular weight excluding hydrogens is 228 g/mol. The number of hydrogen-bond donors (Lipinski definition) is 3. The molecule has 1 aromatic rings. The third kappa shape index (κ3) is 3.55. The molecule has 1 rings (SSSR count). The zero-order valence-corrected chi connectivity index (χ0v) is 11.4. The van der Waals surface area contributed by atoms with Gasteiger partial charge in [0.15, 0.2) is 0 Å². The van der Waals surface area contributed by atoms with E-state index >= 15 is 0 Å². The molecule has 1 aromatic carbocycles. The van der Waals surface area contributed by atoms with Crippen LogP contribution in [0.3, 0.4) is 0 Å². The molecule has 3 atom stereocenters. The zero-order valence-electron chi connectivity index (χ0n) is 11.4. The fourth-order valence-corrected chi connectivity index (χ4v) is 1.87. The maximum atomic E-state index is 9.26. The smallest absolute Gasteiger partial charge is 0.0497 e. The van der Waals surface area contributed by atoms with Crippen molar-refractivity contribution < 1.29 is 15.3 Å². The maximum Gasteiger partial charge on any atom is 0.0497 e. The molecule has 0 bridgehead atoms. The van der Waals surface area contributed by atoms with Crippen molar-refractivity contribution in [2.24, 2.45) is 0 Å². The molecule has 102 valence electrons. The SMILES string of the molecule is CC(CO)c1cc(C(C)CO)cc(C(C)CO)c1. The van der Waals surface area contributed by atoms with Crippen LogP contribution in [0.4, 0.5) is 0 Å². The van der Waals surface area contributed by atoms with Crippen LogP contribution in [0.5, 0.6) is 0 Å². The van der Waals surface area contributed by atoms with Gasteiger partial charge in [-0.1, -0.05) is 39.0 Å². The first-order valence-electron chi connectivity index (χ1n) is 6.50. The van der Waals surface area contributed by atoms with Crippen molar-refractivity contribution in [1.82, 2.24) is 0 Å². The van der Waals surface area contributed by atoms with E-state index in [4.69, 9.17) is 0 Å². The predicted molar refractivity (Wildman–Crippen MR) is 72.9 cm³/mol. The van der Waals surface area contributed by atoms with E-state index in [1.165, 1.54) is 0 Å². The zero-order chi connectivity index (χ0) is 13.7. The lowest BCUT2D eigenvalue weighted by molar-refractivity contribution is 0.268. The molecule has 3 N–H and O–H groups in total. The van der Waals surface area contributed by atoms with Crippen LogP contribution in [0.1, 0.15) is 55.2 Å². The van der Waals surface area contributed by atoms with Gasteiger partial charge in [0, 0.05) is 37.6 Å². The second kappa shape index (κ2) is 6.88. The molecule has 0 heterocycles. The highest BCUT2D eigenvalue weighted by Crippen LogP contribution is 2.27. The van der Waals surface area contributed by atoms with Gasteiger partial charge in [-0.05, 0) is 16.7 Å². The van der Waals surface area contributed by atoms with Crippen molar-refractivity contribution in [1.29, 1.82) is 0 Å². The Kier molecular flexibility index (Phi) is 5.79. The summed E-state index contributed by atoms with van der Waals surface area (Å²) in [5, 5.41) is 27.8. The topological polar surface area (TPSA) is 60.7 Å². The molecule has 3 unspecified atom stereocenters. The summed E-state index contributed by atoms with van der Waals surface area (Å²) in [4.78, 5) is 0. The van der Waals surface area contributed by atoms with Crippen molar-refractivity contribution >= 4 is 0 Å². The standard InChI is InChI=1S/C15H24O3/c1-10(7-16)13-4-14(11(2)8-17)6-15(5-13)12(3)9-18/h4-6,10-12,16-18H,7-9H2,1-3H3. The summed E-state index contributed by atoms with van der Waals surface area (Å²) in [6.45, 7) is 6.21. The molecule has 18 heavy (non-hydrogen) atoms. The molecule has 3 nitrogen and oxygen atoms in total. The van der Waals surface area contributed by atoms with E-state index in [2.05, 4.69) is 0 Å². The molecule has 0 aromatic heterocycles. The van der Waals surface area contributed by atoms with Crippen LogP contribution >= 0.6 is 0 Å². The first-order chi connectivity index (χ1) is 8.53. The van der Waals surface area contributed by atoms with E-state index in [-0.39, 0.29) is 37.6 Å². The van der Waals surface area contributed by atoms with Crippen molar-refractivity contribution in [2.45, 2.75) is 38.5 Å². The average molecular weight is 252 g/mol. The Balaban J connectivity index is 3.19. The predicted octanol–water partition coefficient (Wildman–Crippen LogP) is 1.97. The summed E-state index contributed by atoms with van der Waals surface area (Å²) in [6, 6.07) is 6.11. The molecule has 0 aliphatic carbocycles. The van der Waals surface area contributed by atoms with E-state index in [0.29, 0.717) is 0 Å². The number of hydrogen-bond acceptors (Lipinski definition) is 3. The minimum atomic E-state index is 0.0699. The first kappa shape index (κ1) is 15.2. The largest absolute Gasteiger partial charge is 0.396 e. The first-order valence-corrected chi connectivity index (χ1v) is 6.50. The van der Waals surface area contributed by atoms with Crippen molar-refractivity contribution in [2.75, 3.05) is 19.8 Å². The van der Waals surface area contributed by atoms with Crippen LogP contribution in [0.15, 0.2) is 18.2 Å². The lowest BCUT2D eigenvalue weighted by atomic mass is 9.89. The highest BCUT2D eigenvalue weighted by Gasteiger charge is 2.13. The van der Waals surface area contributed by atoms with Crippen LogP contribution in [-0.4, -0.2) is 35.1 Å². The van der Waals surface area contributed by atoms with Crippen molar-refractivity contribution in [3.8, 4) is 0 Å². The van der Waals surface area contributed by atoms with Crippen LogP contribution in [0, 0.1) is 0 Å². The van der Waals surface area contributed by atoms with Gasteiger partial charge in [-0.15, -0.1) is 0 Å². The third-order valence-electron chi connectivity index (χ3n) is 3.53. The van der Waals surface area contributed by atoms with Crippen LogP contribution < -0.4 is 0 Å². The maximum absolute atomic E-state index is 9.26. The molecule has 3 heteroatoms. The Morgan fingerprint density at radius 2 is 0.889 bits per heavy atom. The van der Waals surface area contributed by atoms with E-state index in [1.54, 1.807) is 0 Å². The minimum Gasteiger partial charge on any atom is -0.396 e. The molecule has 0 radical (unpaired) electrons. The molecule has 0 saturated heterocycles. The van der Waals surface area contributed by atoms with Gasteiger partial charge >= 0.3 is 0 Å². The summed E-state index contributed by atoms with van der Waals surface area (Å²) in [7, 11) is 0. The van der Waals surface area contributed by atoms with Crippen LogP contribution in [0.25, 0.3) is 0 Å². The lowest BCUT2D eigenvalue weighted by Gasteiger charge is -2.18. The van der Waals surface area contributed by atoms with Gasteiger partial charge < -0.3 is 15.3 Å². The molecule has 0 fully saturated rings. The fourth-order valence-electron chi connectivity index (χ4n) is 1.87. The van der Waals surface area contributed by atoms with E-state index < -0.39 is 0 Å². The Bertz CT molecular complexity index is 307. The normalized spacial score (nSPS) is 16.3. The molecule has 0 saturated carbocycles. The number of aliphatic hydroxyl groups is 3. The summed E-state index contributed by atoms with van der Waals surface area (Å²) in [5.41, 5.74) is 3.18. The monoisotopic (exact) mass is 252 g/mol. The van der Waals surface area contributed by atoms with E-state index in [1.807, 2.05) is 39.0 Å². The highest BCUT2D eigenvalue weighted by molar-refractivity contribution is 5.35. The van der Waals surface area contributed by atoms with Gasteiger partial charge in [-0.3, -0.25) is 0 Å². The summed E-state index contributed by atoms with van der Waals surface area (Å²) >= 11 is 0. The summed E-state index contributed by atoms with van der Waals surface area (Å²) in [6.07, 6.45) is 0. The van der Waals surface area contributed by atoms with Gasteiger partial charge in [-0.2, -0.15) is 0 Å². The average Bonchev–Trinajstić information content (AvgIpc) is 2.43. The van der Waals surface area contributed by atoms with Crippen molar-refractivity contribution in [3.63, 3.8) is 0 Å². The number of benzene rings is 1. The second-order valence-electron chi connectivity index (χ2n) is 5.18. The van der Waals surface area contributed by atoms with Crippen LogP contribution in [-0.2, 0) is 0 Å². The number of aliphatic hydroxyl groups excluding tert-OH is 3. The Morgan fingerprint density at radius 3 is 1.06 bits per heavy atom. The third-order valence-corrected chi connectivity index (χ3v) is 3.53. The van der Waals surface area contributed by atoms with Crippen LogP contribution in [0.2, 0.25) is 0 Å². The van der Waals surface area contributed by atoms with Gasteiger partial charge in [-0.25, -0.2) is 0 Å². The Hall–Kier alpha value is -0.900. The molecular formula is C15H24O3. The van der Waals surface area contributed by atoms with Gasteiger partial charge in [0.05, 0.1) is 0 Å². The van der Waals surface area contributed by atoms with Gasteiger partial charge in [0.2, 0.25) is 0 Å². The van der Waals surface area contributed by atoms with Gasteiger partial charge in [0.25, 0.3) is 0 Å². The lowest BCUT2D eigenvalue weighted by Crippen LogP contribution is -2.07. The van der Waals surface area contributed by atoms with Crippen molar-refractivity contribution in [3.05, 3.63) is 34.9 Å². The molecule has 0 amide bonds. The Labute approximate surface area is 109 Å². The highest BCUT2D eigenvalue weighted by atomic mass is 16.3. The molecule has 0 aliphatic heterocycles. The van der Waals surface area contributed by atoms with E-state index in [0.717, 1.165) is 16.7 Å². The molecule has 0 aliphatic rings. The number of rotatable bonds is 6.